The van der Waals surface area contributed by atoms with Gasteiger partial charge in [-0.15, -0.1) is 0 Å². The van der Waals surface area contributed by atoms with Crippen molar-refractivity contribution < 1.29 is 19.5 Å². The minimum Gasteiger partial charge on any atom is -0.477 e. The molecule has 1 atom stereocenters. The molecule has 1 unspecified atom stereocenters. The van der Waals surface area contributed by atoms with E-state index < -0.39 is 23.9 Å². The van der Waals surface area contributed by atoms with Crippen molar-refractivity contribution in [1.82, 2.24) is 10.3 Å². The van der Waals surface area contributed by atoms with Gasteiger partial charge in [-0.3, -0.25) is 4.79 Å². The summed E-state index contributed by atoms with van der Waals surface area (Å²) in [7, 11) is 0. The zero-order valence-corrected chi connectivity index (χ0v) is 11.1. The summed E-state index contributed by atoms with van der Waals surface area (Å²) in [6, 6.07) is 1.10. The molecule has 1 aromatic rings. The first-order chi connectivity index (χ1) is 9.31. The molecule has 1 aromatic heterocycles. The van der Waals surface area contributed by atoms with Crippen molar-refractivity contribution in [2.75, 3.05) is 5.32 Å². The van der Waals surface area contributed by atoms with Crippen molar-refractivity contribution in [2.24, 2.45) is 11.7 Å². The zero-order chi connectivity index (χ0) is 15.3. The van der Waals surface area contributed by atoms with E-state index in [9.17, 15) is 14.4 Å². The zero-order valence-electron chi connectivity index (χ0n) is 11.1. The molecule has 0 radical (unpaired) electrons. The van der Waals surface area contributed by atoms with Crippen LogP contribution in [-0.4, -0.2) is 34.0 Å². The number of urea groups is 1. The molecule has 8 nitrogen and oxygen atoms in total. The summed E-state index contributed by atoms with van der Waals surface area (Å²) in [6.45, 7) is 3.51. The number of hydrogen-bond donors (Lipinski definition) is 4. The lowest BCUT2D eigenvalue weighted by Crippen LogP contribution is -2.49. The Labute approximate surface area is 115 Å². The second-order valence-corrected chi connectivity index (χ2v) is 4.46. The number of pyridine rings is 1. The lowest BCUT2D eigenvalue weighted by molar-refractivity contribution is -0.118. The SMILES string of the molecule is CC(C)C(NC(N)=O)C(=O)Nc1ccc(C(=O)O)nc1. The van der Waals surface area contributed by atoms with Gasteiger partial charge in [-0.25, -0.2) is 14.6 Å². The Morgan fingerprint density at radius 3 is 2.35 bits per heavy atom. The Balaban J connectivity index is 2.77. The number of anilines is 1. The third kappa shape index (κ3) is 4.23. The van der Waals surface area contributed by atoms with Crippen molar-refractivity contribution in [1.29, 1.82) is 0 Å². The highest BCUT2D eigenvalue weighted by molar-refractivity contribution is 5.97. The van der Waals surface area contributed by atoms with Gasteiger partial charge in [0.25, 0.3) is 0 Å². The minimum atomic E-state index is -1.15. The number of aromatic carboxylic acids is 1. The summed E-state index contributed by atoms with van der Waals surface area (Å²) >= 11 is 0. The number of nitrogens with zero attached hydrogens (tertiary/aromatic N) is 1. The summed E-state index contributed by atoms with van der Waals surface area (Å²) in [5.74, 6) is -1.77. The van der Waals surface area contributed by atoms with Crippen LogP contribution in [0.5, 0.6) is 0 Å². The summed E-state index contributed by atoms with van der Waals surface area (Å²) in [6.07, 6.45) is 1.23. The molecule has 0 saturated carbocycles. The molecule has 0 aliphatic carbocycles. The molecule has 0 aliphatic rings. The number of amides is 3. The summed E-state index contributed by atoms with van der Waals surface area (Å²) in [5, 5.41) is 13.6. The third-order valence-electron chi connectivity index (χ3n) is 2.50. The van der Waals surface area contributed by atoms with Crippen LogP contribution in [-0.2, 0) is 4.79 Å². The van der Waals surface area contributed by atoms with E-state index in [1.165, 1.54) is 18.3 Å². The Morgan fingerprint density at radius 1 is 1.30 bits per heavy atom. The van der Waals surface area contributed by atoms with E-state index in [0.29, 0.717) is 5.69 Å². The fraction of sp³-hybridized carbons (Fsp3) is 0.333. The van der Waals surface area contributed by atoms with Crippen LogP contribution in [0.1, 0.15) is 24.3 Å². The van der Waals surface area contributed by atoms with Gasteiger partial charge in [-0.2, -0.15) is 0 Å². The molecule has 0 saturated heterocycles. The van der Waals surface area contributed by atoms with E-state index >= 15 is 0 Å². The molecule has 0 spiro atoms. The molecule has 0 fully saturated rings. The van der Waals surface area contributed by atoms with E-state index in [-0.39, 0.29) is 11.6 Å². The number of rotatable bonds is 5. The fourth-order valence-corrected chi connectivity index (χ4v) is 1.50. The molecule has 0 bridgehead atoms. The quantitative estimate of drug-likeness (QED) is 0.619. The van der Waals surface area contributed by atoms with Crippen molar-refractivity contribution >= 4 is 23.6 Å². The third-order valence-corrected chi connectivity index (χ3v) is 2.50. The number of carbonyl (C=O) groups is 3. The lowest BCUT2D eigenvalue weighted by Gasteiger charge is -2.20. The number of hydrogen-bond acceptors (Lipinski definition) is 4. The number of carboxylic acids is 1. The van der Waals surface area contributed by atoms with Crippen molar-refractivity contribution in [3.8, 4) is 0 Å². The molecule has 5 N–H and O–H groups in total. The molecule has 20 heavy (non-hydrogen) atoms. The van der Waals surface area contributed by atoms with E-state index in [1.807, 2.05) is 0 Å². The maximum absolute atomic E-state index is 12.0. The first-order valence-corrected chi connectivity index (χ1v) is 5.87. The van der Waals surface area contributed by atoms with Crippen molar-refractivity contribution in [2.45, 2.75) is 19.9 Å². The summed E-state index contributed by atoms with van der Waals surface area (Å²) in [4.78, 5) is 37.1. The first kappa shape index (κ1) is 15.4. The maximum atomic E-state index is 12.0. The number of primary amides is 1. The number of nitrogens with two attached hydrogens (primary N) is 1. The van der Waals surface area contributed by atoms with Crippen LogP contribution in [0.4, 0.5) is 10.5 Å². The largest absolute Gasteiger partial charge is 0.477 e. The number of carboxylic acid groups (broad SMARTS) is 1. The van der Waals surface area contributed by atoms with Gasteiger partial charge in [0, 0.05) is 0 Å². The lowest BCUT2D eigenvalue weighted by atomic mass is 10.0. The highest BCUT2D eigenvalue weighted by Crippen LogP contribution is 2.09. The van der Waals surface area contributed by atoms with E-state index in [0.717, 1.165) is 0 Å². The smallest absolute Gasteiger partial charge is 0.354 e. The van der Waals surface area contributed by atoms with Crippen LogP contribution in [0, 0.1) is 5.92 Å². The van der Waals surface area contributed by atoms with Gasteiger partial charge in [-0.05, 0) is 18.1 Å². The fourth-order valence-electron chi connectivity index (χ4n) is 1.50. The maximum Gasteiger partial charge on any atom is 0.354 e. The van der Waals surface area contributed by atoms with Crippen LogP contribution in [0.3, 0.4) is 0 Å². The van der Waals surface area contributed by atoms with Gasteiger partial charge < -0.3 is 21.5 Å². The highest BCUT2D eigenvalue weighted by atomic mass is 16.4. The van der Waals surface area contributed by atoms with Gasteiger partial charge in [0.15, 0.2) is 0 Å². The van der Waals surface area contributed by atoms with Crippen LogP contribution in [0.15, 0.2) is 18.3 Å². The second-order valence-electron chi connectivity index (χ2n) is 4.46. The molecule has 8 heteroatoms. The molecular weight excluding hydrogens is 264 g/mol. The van der Waals surface area contributed by atoms with Gasteiger partial charge in [-0.1, -0.05) is 13.8 Å². The van der Waals surface area contributed by atoms with Gasteiger partial charge in [0.1, 0.15) is 11.7 Å². The molecular formula is C12H16N4O4. The van der Waals surface area contributed by atoms with Gasteiger partial charge >= 0.3 is 12.0 Å². The van der Waals surface area contributed by atoms with Crippen molar-refractivity contribution in [3.05, 3.63) is 24.0 Å². The van der Waals surface area contributed by atoms with Crippen LogP contribution in [0.25, 0.3) is 0 Å². The van der Waals surface area contributed by atoms with Crippen LogP contribution in [0.2, 0.25) is 0 Å². The Hall–Kier alpha value is -2.64. The second kappa shape index (κ2) is 6.50. The predicted molar refractivity (Wildman–Crippen MR) is 71.2 cm³/mol. The highest BCUT2D eigenvalue weighted by Gasteiger charge is 2.23. The van der Waals surface area contributed by atoms with Gasteiger partial charge in [0.05, 0.1) is 11.9 Å². The Morgan fingerprint density at radius 2 is 1.95 bits per heavy atom. The molecule has 1 heterocycles. The molecule has 3 amide bonds. The number of aromatic nitrogens is 1. The molecule has 108 valence electrons. The molecule has 0 aliphatic heterocycles. The first-order valence-electron chi connectivity index (χ1n) is 5.87. The Bertz CT molecular complexity index is 513. The normalized spacial score (nSPS) is 11.8. The van der Waals surface area contributed by atoms with E-state index in [4.69, 9.17) is 10.8 Å². The molecule has 1 rings (SSSR count). The number of nitrogens with one attached hydrogen (secondary N) is 2. The summed E-state index contributed by atoms with van der Waals surface area (Å²) < 4.78 is 0. The summed E-state index contributed by atoms with van der Waals surface area (Å²) in [5.41, 5.74) is 5.21. The van der Waals surface area contributed by atoms with Gasteiger partial charge in [0.2, 0.25) is 5.91 Å². The van der Waals surface area contributed by atoms with Crippen LogP contribution >= 0.6 is 0 Å². The average molecular weight is 280 g/mol. The topological polar surface area (TPSA) is 134 Å². The standard InChI is InChI=1S/C12H16N4O4/c1-6(2)9(16-12(13)20)10(17)15-7-3-4-8(11(18)19)14-5-7/h3-6,9H,1-2H3,(H,15,17)(H,18,19)(H3,13,16,20). The molecule has 0 aromatic carbocycles. The Kier molecular flexibility index (Phi) is 5.01. The van der Waals surface area contributed by atoms with E-state index in [1.54, 1.807) is 13.8 Å². The average Bonchev–Trinajstić information content (AvgIpc) is 2.35. The van der Waals surface area contributed by atoms with Crippen molar-refractivity contribution in [3.63, 3.8) is 0 Å². The van der Waals surface area contributed by atoms with E-state index in [2.05, 4.69) is 15.6 Å². The minimum absolute atomic E-state index is 0.126. The monoisotopic (exact) mass is 280 g/mol. The number of carbonyl (C=O) groups excluding carboxylic acids is 2. The van der Waals surface area contributed by atoms with Crippen LogP contribution < -0.4 is 16.4 Å². The predicted octanol–water partition coefficient (Wildman–Crippen LogP) is 0.411.